The Kier molecular flexibility index (Phi) is 8.66. The molecule has 1 aromatic heterocycles. The standard InChI is InChI=1S/C22H29FN3O7PS/c1-14(2)31-19(28)15(3)25-34(29,33-16-8-6-5-7-9-16)30-13-17-12-22(4,23)20(32-17)26-11-10-18(27)24-21(26)35/h5-11,14-15,17,20H,12-13H2,1-4H3,(H,25,29)(H,24,27,35). The third-order valence-corrected chi connectivity index (χ3v) is 6.98. The smallest absolute Gasteiger partial charge is 0.459 e. The average Bonchev–Trinajstić information content (AvgIpc) is 3.06. The summed E-state index contributed by atoms with van der Waals surface area (Å²) >= 11 is 5.13. The molecule has 1 saturated heterocycles. The van der Waals surface area contributed by atoms with Gasteiger partial charge in [-0.05, 0) is 52.0 Å². The summed E-state index contributed by atoms with van der Waals surface area (Å²) < 4.78 is 52.4. The molecule has 2 heterocycles. The zero-order chi connectivity index (χ0) is 25.8. The molecule has 3 rings (SSSR count). The van der Waals surface area contributed by atoms with E-state index in [0.717, 1.165) is 0 Å². The molecule has 0 bridgehead atoms. The van der Waals surface area contributed by atoms with Gasteiger partial charge in [0.2, 0.25) is 0 Å². The molecule has 0 saturated carbocycles. The Morgan fingerprint density at radius 3 is 2.66 bits per heavy atom. The molecule has 35 heavy (non-hydrogen) atoms. The van der Waals surface area contributed by atoms with Crippen molar-refractivity contribution < 1.29 is 32.3 Å². The van der Waals surface area contributed by atoms with E-state index in [2.05, 4.69) is 10.1 Å². The van der Waals surface area contributed by atoms with Crippen molar-refractivity contribution in [3.63, 3.8) is 0 Å². The Morgan fingerprint density at radius 2 is 2.03 bits per heavy atom. The van der Waals surface area contributed by atoms with Gasteiger partial charge >= 0.3 is 13.7 Å². The normalized spacial score (nSPS) is 24.6. The monoisotopic (exact) mass is 529 g/mol. The fraction of sp³-hybridized carbons (Fsp3) is 0.500. The van der Waals surface area contributed by atoms with E-state index in [-0.39, 0.29) is 29.7 Å². The number of carbonyl (C=O) groups is 1. The third-order valence-electron chi connectivity index (χ3n) is 5.02. The van der Waals surface area contributed by atoms with Crippen LogP contribution in [-0.4, -0.2) is 46.0 Å². The van der Waals surface area contributed by atoms with Crippen LogP contribution in [0.25, 0.3) is 0 Å². The largest absolute Gasteiger partial charge is 0.462 e. The second-order valence-electron chi connectivity index (χ2n) is 8.64. The van der Waals surface area contributed by atoms with E-state index >= 15 is 4.39 Å². The number of benzene rings is 1. The maximum atomic E-state index is 15.4. The van der Waals surface area contributed by atoms with Crippen LogP contribution in [-0.2, 0) is 23.4 Å². The first-order chi connectivity index (χ1) is 16.4. The zero-order valence-corrected chi connectivity index (χ0v) is 21.5. The summed E-state index contributed by atoms with van der Waals surface area (Å²) in [6.45, 7) is 5.88. The van der Waals surface area contributed by atoms with E-state index in [1.54, 1.807) is 44.2 Å². The van der Waals surface area contributed by atoms with Gasteiger partial charge in [-0.1, -0.05) is 18.2 Å². The van der Waals surface area contributed by atoms with Crippen LogP contribution in [0.1, 0.15) is 40.3 Å². The van der Waals surface area contributed by atoms with Gasteiger partial charge < -0.3 is 14.0 Å². The number of rotatable bonds is 10. The van der Waals surface area contributed by atoms with Crippen molar-refractivity contribution in [3.05, 3.63) is 57.7 Å². The summed E-state index contributed by atoms with van der Waals surface area (Å²) in [4.78, 5) is 26.1. The first-order valence-electron chi connectivity index (χ1n) is 11.0. The quantitative estimate of drug-likeness (QED) is 0.267. The molecule has 1 fully saturated rings. The number of halogens is 1. The Hall–Kier alpha value is -2.37. The van der Waals surface area contributed by atoms with Crippen molar-refractivity contribution in [2.24, 2.45) is 0 Å². The van der Waals surface area contributed by atoms with Crippen LogP contribution in [0.4, 0.5) is 4.39 Å². The fourth-order valence-corrected chi connectivity index (χ4v) is 5.28. The van der Waals surface area contributed by atoms with E-state index in [9.17, 15) is 14.2 Å². The maximum Gasteiger partial charge on any atom is 0.459 e. The highest BCUT2D eigenvalue weighted by Crippen LogP contribution is 2.47. The van der Waals surface area contributed by atoms with Crippen molar-refractivity contribution >= 4 is 25.9 Å². The van der Waals surface area contributed by atoms with Gasteiger partial charge in [0.1, 0.15) is 11.8 Å². The number of alkyl halides is 1. The number of aromatic nitrogens is 2. The van der Waals surface area contributed by atoms with Gasteiger partial charge in [-0.2, -0.15) is 5.09 Å². The lowest BCUT2D eigenvalue weighted by Gasteiger charge is -2.24. The van der Waals surface area contributed by atoms with E-state index in [1.165, 1.54) is 30.7 Å². The van der Waals surface area contributed by atoms with Crippen LogP contribution in [0.2, 0.25) is 0 Å². The molecule has 0 spiro atoms. The number of esters is 1. The molecule has 1 aliphatic heterocycles. The topological polar surface area (TPSA) is 121 Å². The molecule has 5 atom stereocenters. The lowest BCUT2D eigenvalue weighted by atomic mass is 10.0. The highest BCUT2D eigenvalue weighted by atomic mass is 32.1. The van der Waals surface area contributed by atoms with Crippen molar-refractivity contribution in [2.75, 3.05) is 6.61 Å². The number of H-pyrrole nitrogens is 1. The fourth-order valence-electron chi connectivity index (χ4n) is 3.50. The first-order valence-corrected chi connectivity index (χ1v) is 13.0. The van der Waals surface area contributed by atoms with Crippen molar-refractivity contribution in [1.29, 1.82) is 0 Å². The SMILES string of the molecule is CC(C)OC(=O)C(C)NP(=O)(OCC1CC(C)(F)C(n2ccc(=O)[nH]c2=S)O1)Oc1ccccc1. The molecule has 1 aromatic carbocycles. The minimum atomic E-state index is -4.12. The van der Waals surface area contributed by atoms with Gasteiger partial charge in [0.25, 0.3) is 5.56 Å². The van der Waals surface area contributed by atoms with Gasteiger partial charge in [0.05, 0.1) is 18.8 Å². The molecule has 13 heteroatoms. The number of ether oxygens (including phenoxy) is 2. The van der Waals surface area contributed by atoms with Gasteiger partial charge in [0, 0.05) is 18.7 Å². The molecular weight excluding hydrogens is 500 g/mol. The summed E-state index contributed by atoms with van der Waals surface area (Å²) in [6.07, 6.45) is -1.08. The Labute approximate surface area is 207 Å². The highest BCUT2D eigenvalue weighted by molar-refractivity contribution is 7.71. The Bertz CT molecular complexity index is 1190. The molecule has 0 amide bonds. The molecule has 192 valence electrons. The lowest BCUT2D eigenvalue weighted by molar-refractivity contribution is -0.149. The second-order valence-corrected chi connectivity index (χ2v) is 10.7. The van der Waals surface area contributed by atoms with Crippen molar-refractivity contribution in [3.8, 4) is 5.75 Å². The minimum absolute atomic E-state index is 0.00480. The lowest BCUT2D eigenvalue weighted by Crippen LogP contribution is -2.36. The van der Waals surface area contributed by atoms with Gasteiger partial charge in [-0.3, -0.25) is 23.7 Å². The van der Waals surface area contributed by atoms with Crippen LogP contribution in [0.5, 0.6) is 5.75 Å². The number of nitrogens with zero attached hydrogens (tertiary/aromatic N) is 1. The third kappa shape index (κ3) is 7.31. The van der Waals surface area contributed by atoms with E-state index in [1.807, 2.05) is 0 Å². The summed E-state index contributed by atoms with van der Waals surface area (Å²) in [5.41, 5.74) is -2.28. The number of para-hydroxylation sites is 1. The van der Waals surface area contributed by atoms with Crippen LogP contribution in [0.3, 0.4) is 0 Å². The van der Waals surface area contributed by atoms with Gasteiger partial charge in [0.15, 0.2) is 16.7 Å². The van der Waals surface area contributed by atoms with Gasteiger partial charge in [-0.25, -0.2) is 8.96 Å². The Morgan fingerprint density at radius 1 is 1.34 bits per heavy atom. The van der Waals surface area contributed by atoms with Crippen LogP contribution in [0, 0.1) is 4.77 Å². The molecule has 1 aliphatic rings. The van der Waals surface area contributed by atoms with Crippen LogP contribution < -0.4 is 15.2 Å². The van der Waals surface area contributed by atoms with E-state index in [4.69, 9.17) is 30.7 Å². The van der Waals surface area contributed by atoms with Crippen LogP contribution >= 0.6 is 20.0 Å². The number of carbonyl (C=O) groups excluding carboxylic acids is 1. The maximum absolute atomic E-state index is 15.4. The second kappa shape index (κ2) is 11.1. The summed E-state index contributed by atoms with van der Waals surface area (Å²) in [5.74, 6) is -0.394. The average molecular weight is 530 g/mol. The molecular formula is C22H29FN3O7PS. The van der Waals surface area contributed by atoms with Crippen molar-refractivity contribution in [1.82, 2.24) is 14.6 Å². The zero-order valence-electron chi connectivity index (χ0n) is 19.8. The van der Waals surface area contributed by atoms with Crippen LogP contribution in [0.15, 0.2) is 47.4 Å². The predicted octanol–water partition coefficient (Wildman–Crippen LogP) is 4.05. The predicted molar refractivity (Wildman–Crippen MR) is 128 cm³/mol. The van der Waals surface area contributed by atoms with E-state index < -0.39 is 43.3 Å². The molecule has 0 aliphatic carbocycles. The summed E-state index contributed by atoms with van der Waals surface area (Å²) in [5, 5.41) is 2.58. The summed E-state index contributed by atoms with van der Waals surface area (Å²) in [6, 6.07) is 8.47. The number of aromatic amines is 1. The molecule has 0 radical (unpaired) electrons. The molecule has 2 aromatic rings. The van der Waals surface area contributed by atoms with Gasteiger partial charge in [-0.15, -0.1) is 0 Å². The number of hydrogen-bond acceptors (Lipinski definition) is 8. The Balaban J connectivity index is 1.75. The minimum Gasteiger partial charge on any atom is -0.462 e. The number of hydrogen-bond donors (Lipinski definition) is 2. The van der Waals surface area contributed by atoms with Crippen molar-refractivity contribution in [2.45, 2.75) is 64.3 Å². The van der Waals surface area contributed by atoms with E-state index in [0.29, 0.717) is 0 Å². The highest BCUT2D eigenvalue weighted by Gasteiger charge is 2.48. The number of nitrogens with one attached hydrogen (secondary N) is 2. The molecule has 2 N–H and O–H groups in total. The molecule has 5 unspecified atom stereocenters. The first kappa shape index (κ1) is 27.2. The summed E-state index contributed by atoms with van der Waals surface area (Å²) in [7, 11) is -4.12. The molecule has 10 nitrogen and oxygen atoms in total.